The molecule has 0 radical (unpaired) electrons. The van der Waals surface area contributed by atoms with E-state index < -0.39 is 162 Å². The molecule has 3 aliphatic rings. The van der Waals surface area contributed by atoms with Crippen LogP contribution in [0.2, 0.25) is 0 Å². The summed E-state index contributed by atoms with van der Waals surface area (Å²) >= 11 is 0. The molecule has 46 heteroatoms. The van der Waals surface area contributed by atoms with Crippen molar-refractivity contribution in [3.05, 3.63) is 92.7 Å². The van der Waals surface area contributed by atoms with Gasteiger partial charge in [-0.05, 0) is 114 Å². The molecular formula is C73H110F2N16O28. The van der Waals surface area contributed by atoms with Crippen LogP contribution in [0.5, 0.6) is 0 Å². The molecule has 5 rings (SSSR count). The maximum Gasteiger partial charge on any atom is 0.415 e. The summed E-state index contributed by atoms with van der Waals surface area (Å²) in [7, 11) is 0. The number of hydrogen-bond donors (Lipinski definition) is 10. The number of esters is 7. The highest BCUT2D eigenvalue weighted by molar-refractivity contribution is 5.98. The quantitative estimate of drug-likeness (QED) is 0.00876. The molecule has 0 aromatic heterocycles. The summed E-state index contributed by atoms with van der Waals surface area (Å²) in [5, 5.41) is 38.1. The summed E-state index contributed by atoms with van der Waals surface area (Å²) in [6.07, 6.45) is -5.16. The van der Waals surface area contributed by atoms with Gasteiger partial charge in [0.1, 0.15) is 66.6 Å². The van der Waals surface area contributed by atoms with Crippen LogP contribution in [0.25, 0.3) is 20.9 Å². The Bertz CT molecular complexity index is 3660. The van der Waals surface area contributed by atoms with Crippen LogP contribution in [0.4, 0.5) is 32.8 Å². The van der Waals surface area contributed by atoms with Crippen LogP contribution in [0.15, 0.2) is 70.9 Å². The Labute approximate surface area is 684 Å². The first-order chi connectivity index (χ1) is 55.8. The third-order valence-corrected chi connectivity index (χ3v) is 13.7. The van der Waals surface area contributed by atoms with E-state index >= 15 is 0 Å². The first-order valence-corrected chi connectivity index (χ1v) is 37.0. The standard InChI is InChI=1S/C33H52N8O9.C14H16N2O5.C9H13NO5.C7H11NO3.C4H10N4O.C4H6O3.C2H2F2O2/c1-22(2)19-26(31(46)40-27(20-28(43)50-33(4,5)6)29(44)35-15-17-48-18-16-37-41-34)39-30(45)25(38-23(3)42)13-10-14-36-32(47)49-21-24-11-8-7-9-12-24;17-12-11(16-14(19)21-12)7-4-8-15-13(18)20-9-10-5-2-1-3-6-10;1-9(2,3)15-6(11)4-5-7(12)14-8(13)10-5;1-4(2)3-5-6(9)11-7(10)8-5;5-1-3-9-4-2-7-8-6;1-3(5)7-4(2)6;3-1(4)2(5)6/h7-9,11-12,22,25-27H,10,13-21H2,1-6H3,(H,35,44)(H,36,47)(H,38,42)(H,39,45)(H,40,46);1-3,5-6,11H,4,7-9H2,(H,15,18)(H,16,19);5H,4H2,1-3H3,(H,10,13);4-5H,3H2,1-2H3,(H,8,10);1-5H2;1-2H3;1H,(H,5,6)/t25-,26+,27-;11-;2*5-;;;/m0001.../s1. The zero-order valence-corrected chi connectivity index (χ0v) is 68.7. The average Bonchev–Trinajstić information content (AvgIpc) is 1.48. The molecule has 3 aliphatic heterocycles. The van der Waals surface area contributed by atoms with Crippen LogP contribution >= 0.6 is 0 Å². The van der Waals surface area contributed by atoms with Crippen molar-refractivity contribution in [2.45, 2.75) is 208 Å². The maximum atomic E-state index is 13.5. The summed E-state index contributed by atoms with van der Waals surface area (Å²) in [5.41, 5.74) is 20.0. The van der Waals surface area contributed by atoms with Gasteiger partial charge in [-0.15, -0.1) is 0 Å². The Kier molecular flexibility index (Phi) is 56.5. The topological polar surface area (TPSA) is 639 Å². The molecular weight excluding hydrogens is 1590 g/mol. The number of rotatable bonds is 38. The number of carboxylic acid groups (broad SMARTS) is 1. The largest absolute Gasteiger partial charge is 0.544 e. The first kappa shape index (κ1) is 109. The van der Waals surface area contributed by atoms with Crippen LogP contribution < -0.4 is 58.7 Å². The van der Waals surface area contributed by atoms with Crippen molar-refractivity contribution >= 4 is 102 Å². The number of cyclic esters (lactones) is 6. The van der Waals surface area contributed by atoms with Gasteiger partial charge in [-0.25, -0.2) is 47.1 Å². The zero-order valence-electron chi connectivity index (χ0n) is 68.7. The molecule has 2 aromatic rings. The number of nitrogens with one attached hydrogen (secondary N) is 9. The second-order valence-electron chi connectivity index (χ2n) is 27.7. The van der Waals surface area contributed by atoms with Gasteiger partial charge < -0.3 is 111 Å². The molecule has 3 heterocycles. The summed E-state index contributed by atoms with van der Waals surface area (Å²) in [4.78, 5) is 198. The smallest absolute Gasteiger partial charge is 0.415 e. The number of carbonyl (C=O) groups excluding carboxylic acids is 17. The first-order valence-electron chi connectivity index (χ1n) is 37.0. The lowest BCUT2D eigenvalue weighted by Crippen LogP contribution is -2.57. The molecule has 0 saturated carbocycles. The molecule has 6 atom stereocenters. The van der Waals surface area contributed by atoms with Gasteiger partial charge in [-0.3, -0.25) is 38.4 Å². The van der Waals surface area contributed by atoms with Crippen molar-refractivity contribution in [2.75, 3.05) is 65.7 Å². The molecule has 44 nitrogen and oxygen atoms in total. The molecule has 0 unspecified atom stereocenters. The van der Waals surface area contributed by atoms with Crippen LogP contribution in [-0.2, 0) is 118 Å². The monoisotopic (exact) mass is 1700 g/mol. The van der Waals surface area contributed by atoms with Crippen molar-refractivity contribution in [3.8, 4) is 0 Å². The minimum atomic E-state index is -3.34. The third kappa shape index (κ3) is 60.7. The fourth-order valence-electron chi connectivity index (χ4n) is 8.92. The van der Waals surface area contributed by atoms with E-state index in [4.69, 9.17) is 49.4 Å². The van der Waals surface area contributed by atoms with Gasteiger partial charge >= 0.3 is 72.3 Å². The van der Waals surface area contributed by atoms with Gasteiger partial charge in [-0.1, -0.05) is 98.6 Å². The van der Waals surface area contributed by atoms with Gasteiger partial charge in [0.15, 0.2) is 0 Å². The Morgan fingerprint density at radius 1 is 0.555 bits per heavy atom. The van der Waals surface area contributed by atoms with E-state index in [1.165, 1.54) is 20.8 Å². The number of amides is 9. The molecule has 664 valence electrons. The van der Waals surface area contributed by atoms with Crippen molar-refractivity contribution in [3.63, 3.8) is 0 Å². The minimum Gasteiger partial charge on any atom is -0.544 e. The Morgan fingerprint density at radius 2 is 0.983 bits per heavy atom. The number of benzene rings is 2. The van der Waals surface area contributed by atoms with Crippen molar-refractivity contribution < 1.29 is 148 Å². The lowest BCUT2D eigenvalue weighted by Gasteiger charge is -2.27. The third-order valence-electron chi connectivity index (χ3n) is 13.7. The lowest BCUT2D eigenvalue weighted by molar-refractivity contribution is -0.374. The van der Waals surface area contributed by atoms with Gasteiger partial charge in [0.25, 0.3) is 6.43 Å². The van der Waals surface area contributed by atoms with E-state index in [1.54, 1.807) is 41.5 Å². The fourth-order valence-corrected chi connectivity index (χ4v) is 8.92. The van der Waals surface area contributed by atoms with E-state index in [0.29, 0.717) is 57.9 Å². The number of carboxylic acids is 1. The second kappa shape index (κ2) is 61.9. The molecule has 2 aromatic carbocycles. The number of alkyl halides is 2. The fraction of sp³-hybridized carbons (Fsp3) is 0.603. The molecule has 3 saturated heterocycles. The Balaban J connectivity index is 0. The van der Waals surface area contributed by atoms with Gasteiger partial charge in [-0.2, -0.15) is 0 Å². The van der Waals surface area contributed by atoms with E-state index in [2.05, 4.69) is 92.6 Å². The second-order valence-corrected chi connectivity index (χ2v) is 27.7. The van der Waals surface area contributed by atoms with Crippen LogP contribution in [0.3, 0.4) is 0 Å². The number of halogens is 2. The number of alkyl carbamates (subject to hydrolysis) is 5. The van der Waals surface area contributed by atoms with Gasteiger partial charge in [0.2, 0.25) is 23.6 Å². The number of ether oxygens (including phenoxy) is 10. The van der Waals surface area contributed by atoms with E-state index in [0.717, 1.165) is 17.7 Å². The molecule has 0 bridgehead atoms. The SMILES string of the molecule is CC(=O)N[C@@H](CCCNC(=O)OCc1ccccc1)C(=O)N[C@H](CC(C)C)C(=O)N[C@@H](CC(=O)OC(C)(C)C)C(=O)NCCOCCN=[N+]=[N-].CC(=O)OC(C)=O.CC(C)(C)OC(=O)C[C@@H]1NC(=O)OC1=O.CC(C)C[C@H]1NC(=O)OC1=O.O=C(NCCC[C@@H]1NC(=O)OC1=O)OCc1ccccc1.O=C([O-])C(F)F.[N-]=[N+]=NCCOCC[NH3+]. The van der Waals surface area contributed by atoms with E-state index in [-0.39, 0.29) is 71.2 Å². The van der Waals surface area contributed by atoms with Crippen LogP contribution in [-0.4, -0.2) is 221 Å². The number of aliphatic carboxylic acids is 1. The number of quaternary nitrogens is 1. The summed E-state index contributed by atoms with van der Waals surface area (Å²) in [6.45, 7) is 24.9. The van der Waals surface area contributed by atoms with E-state index in [9.17, 15) is 85.5 Å². The zero-order chi connectivity index (χ0) is 90.6. The maximum absolute atomic E-state index is 13.5. The lowest BCUT2D eigenvalue weighted by atomic mass is 10.0. The molecule has 3 fully saturated rings. The Morgan fingerprint density at radius 3 is 1.38 bits per heavy atom. The molecule has 119 heavy (non-hydrogen) atoms. The summed E-state index contributed by atoms with van der Waals surface area (Å²) in [5.74, 6) is -8.70. The molecule has 9 amide bonds. The highest BCUT2D eigenvalue weighted by atomic mass is 19.3. The summed E-state index contributed by atoms with van der Waals surface area (Å²) < 4.78 is 68.6. The van der Waals surface area contributed by atoms with Crippen LogP contribution in [0, 0.1) is 11.8 Å². The number of carbonyl (C=O) groups is 17. The number of azide groups is 2. The predicted molar refractivity (Wildman–Crippen MR) is 408 cm³/mol. The summed E-state index contributed by atoms with van der Waals surface area (Å²) in [6, 6.07) is 13.0. The Hall–Kier alpha value is -12.4. The van der Waals surface area contributed by atoms with Crippen molar-refractivity contribution in [1.29, 1.82) is 0 Å². The molecule has 0 aliphatic carbocycles. The van der Waals surface area contributed by atoms with E-state index in [1.807, 2.05) is 88.4 Å². The minimum absolute atomic E-state index is 0.0416. The highest BCUT2D eigenvalue weighted by Gasteiger charge is 2.37. The molecule has 0 spiro atoms. The normalized spacial score (nSPS) is 14.7. The van der Waals surface area contributed by atoms with Crippen LogP contribution in [0.1, 0.15) is 153 Å². The number of nitrogens with zero attached hydrogens (tertiary/aromatic N) is 6. The van der Waals surface area contributed by atoms with Crippen molar-refractivity contribution in [2.24, 2.45) is 22.1 Å². The predicted octanol–water partition coefficient (Wildman–Crippen LogP) is 3.39. The average molecular weight is 1700 g/mol. The van der Waals surface area contributed by atoms with Crippen molar-refractivity contribution in [1.82, 2.24) is 47.9 Å². The highest BCUT2D eigenvalue weighted by Crippen LogP contribution is 2.16. The van der Waals surface area contributed by atoms with Gasteiger partial charge in [0.05, 0.1) is 45.8 Å². The van der Waals surface area contributed by atoms with Gasteiger partial charge in [0, 0.05) is 63.3 Å². The molecule has 12 N–H and O–H groups in total. The number of hydrogen-bond acceptors (Lipinski definition) is 30.